The zero-order valence-electron chi connectivity index (χ0n) is 13.3. The Morgan fingerprint density at radius 2 is 1.96 bits per heavy atom. The molecule has 0 aromatic carbocycles. The van der Waals surface area contributed by atoms with E-state index in [0.717, 1.165) is 20.1 Å². The monoisotopic (exact) mass is 393 g/mol. The number of hydrogen-bond donors (Lipinski definition) is 0. The summed E-state index contributed by atoms with van der Waals surface area (Å²) in [6.45, 7) is 0.310. The van der Waals surface area contributed by atoms with E-state index in [9.17, 15) is 9.59 Å². The second kappa shape index (κ2) is 5.94. The maximum atomic E-state index is 12.5. The van der Waals surface area contributed by atoms with Gasteiger partial charge in [0, 0.05) is 19.5 Å². The molecular formula is C15H12ClN5O2S2. The van der Waals surface area contributed by atoms with Gasteiger partial charge in [0.2, 0.25) is 5.28 Å². The van der Waals surface area contributed by atoms with Crippen LogP contribution in [0.4, 0.5) is 0 Å². The van der Waals surface area contributed by atoms with Gasteiger partial charge in [0.1, 0.15) is 5.01 Å². The van der Waals surface area contributed by atoms with Gasteiger partial charge in [-0.2, -0.15) is 4.98 Å². The summed E-state index contributed by atoms with van der Waals surface area (Å²) in [6, 6.07) is 3.99. The molecule has 0 unspecified atom stereocenters. The molecule has 0 saturated heterocycles. The molecule has 4 aromatic rings. The molecule has 4 aromatic heterocycles. The topological polar surface area (TPSA) is 74.7 Å². The van der Waals surface area contributed by atoms with Crippen molar-refractivity contribution >= 4 is 45.4 Å². The third kappa shape index (κ3) is 2.55. The number of hydrogen-bond acceptors (Lipinski definition) is 6. The van der Waals surface area contributed by atoms with Crippen molar-refractivity contribution in [1.29, 1.82) is 0 Å². The molecule has 128 valence electrons. The van der Waals surface area contributed by atoms with Crippen molar-refractivity contribution in [3.63, 3.8) is 0 Å². The van der Waals surface area contributed by atoms with Crippen molar-refractivity contribution in [3.05, 3.63) is 54.7 Å². The Kier molecular flexibility index (Phi) is 3.86. The first-order valence-electron chi connectivity index (χ1n) is 7.27. The zero-order valence-corrected chi connectivity index (χ0v) is 15.7. The van der Waals surface area contributed by atoms with Crippen LogP contribution in [-0.4, -0.2) is 23.7 Å². The van der Waals surface area contributed by atoms with E-state index in [2.05, 4.69) is 9.97 Å². The average Bonchev–Trinajstić information content (AvgIpc) is 3.32. The maximum absolute atomic E-state index is 12.5. The highest BCUT2D eigenvalue weighted by molar-refractivity contribution is 7.20. The van der Waals surface area contributed by atoms with E-state index < -0.39 is 11.2 Å². The number of rotatable bonds is 3. The van der Waals surface area contributed by atoms with E-state index in [1.165, 1.54) is 23.0 Å². The predicted octanol–water partition coefficient (Wildman–Crippen LogP) is 2.32. The fourth-order valence-corrected chi connectivity index (χ4v) is 4.47. The van der Waals surface area contributed by atoms with Crippen molar-refractivity contribution < 1.29 is 0 Å². The van der Waals surface area contributed by atoms with Gasteiger partial charge < -0.3 is 4.57 Å². The molecule has 0 radical (unpaired) electrons. The molecule has 0 aliphatic heterocycles. The van der Waals surface area contributed by atoms with Crippen LogP contribution in [-0.2, 0) is 20.6 Å². The Labute approximate surface area is 154 Å². The van der Waals surface area contributed by atoms with E-state index in [1.54, 1.807) is 23.0 Å². The summed E-state index contributed by atoms with van der Waals surface area (Å²) in [5.74, 6) is 0. The number of thiophene rings is 1. The lowest BCUT2D eigenvalue weighted by Gasteiger charge is -2.05. The zero-order chi connectivity index (χ0) is 17.7. The standard InChI is InChI=1S/C15H12ClN5O2S2/c1-19-11-10(13(22)20(2)15(19)23)21(14(16)18-11)6-8-7-25-12(17-8)9-4-3-5-24-9/h3-5,7H,6H2,1-2H3. The van der Waals surface area contributed by atoms with Crippen LogP contribution in [0.2, 0.25) is 5.28 Å². The molecule has 0 bridgehead atoms. The molecule has 0 aliphatic rings. The summed E-state index contributed by atoms with van der Waals surface area (Å²) in [4.78, 5) is 34.5. The molecule has 0 saturated carbocycles. The van der Waals surface area contributed by atoms with Gasteiger partial charge in [-0.25, -0.2) is 9.78 Å². The molecule has 0 atom stereocenters. The number of halogens is 1. The maximum Gasteiger partial charge on any atom is 0.332 e. The van der Waals surface area contributed by atoms with Gasteiger partial charge in [0.15, 0.2) is 11.2 Å². The highest BCUT2D eigenvalue weighted by Crippen LogP contribution is 2.28. The number of aromatic nitrogens is 5. The van der Waals surface area contributed by atoms with Crippen molar-refractivity contribution in [2.45, 2.75) is 6.54 Å². The molecule has 25 heavy (non-hydrogen) atoms. The third-order valence-electron chi connectivity index (χ3n) is 3.91. The molecule has 7 nitrogen and oxygen atoms in total. The number of nitrogens with zero attached hydrogens (tertiary/aromatic N) is 5. The number of fused-ring (bicyclic) bond motifs is 1. The summed E-state index contributed by atoms with van der Waals surface area (Å²) < 4.78 is 3.96. The van der Waals surface area contributed by atoms with Crippen LogP contribution >= 0.6 is 34.3 Å². The van der Waals surface area contributed by atoms with Crippen molar-refractivity contribution in [3.8, 4) is 9.88 Å². The minimum atomic E-state index is -0.438. The van der Waals surface area contributed by atoms with Gasteiger partial charge in [0.05, 0.1) is 17.1 Å². The van der Waals surface area contributed by atoms with Crippen LogP contribution < -0.4 is 11.2 Å². The number of thiazole rings is 1. The Balaban J connectivity index is 1.84. The van der Waals surface area contributed by atoms with Crippen LogP contribution in [0.1, 0.15) is 5.69 Å². The van der Waals surface area contributed by atoms with Gasteiger partial charge in [-0.15, -0.1) is 22.7 Å². The Bertz CT molecular complexity index is 1200. The van der Waals surface area contributed by atoms with Crippen molar-refractivity contribution in [2.24, 2.45) is 14.1 Å². The molecule has 0 spiro atoms. The number of aryl methyl sites for hydroxylation is 1. The summed E-state index contributed by atoms with van der Waals surface area (Å²) >= 11 is 9.40. The largest absolute Gasteiger partial charge is 0.332 e. The lowest BCUT2D eigenvalue weighted by Crippen LogP contribution is -2.37. The molecular weight excluding hydrogens is 382 g/mol. The smallest absolute Gasteiger partial charge is 0.303 e. The fourth-order valence-electron chi connectivity index (χ4n) is 2.62. The predicted molar refractivity (Wildman–Crippen MR) is 99.8 cm³/mol. The third-order valence-corrected chi connectivity index (χ3v) is 6.12. The summed E-state index contributed by atoms with van der Waals surface area (Å²) in [5.41, 5.74) is 0.483. The first kappa shape index (κ1) is 16.2. The van der Waals surface area contributed by atoms with Gasteiger partial charge >= 0.3 is 5.69 Å². The van der Waals surface area contributed by atoms with E-state index >= 15 is 0 Å². The molecule has 0 amide bonds. The van der Waals surface area contributed by atoms with E-state index in [4.69, 9.17) is 11.6 Å². The quantitative estimate of drug-likeness (QED) is 0.500. The first-order valence-corrected chi connectivity index (χ1v) is 9.41. The molecule has 0 fully saturated rings. The molecule has 10 heteroatoms. The van der Waals surface area contributed by atoms with Crippen molar-refractivity contribution in [2.75, 3.05) is 0 Å². The minimum absolute atomic E-state index is 0.152. The lowest BCUT2D eigenvalue weighted by atomic mass is 10.4. The van der Waals surface area contributed by atoms with Crippen LogP contribution in [0.25, 0.3) is 21.0 Å². The van der Waals surface area contributed by atoms with E-state index in [1.807, 2.05) is 22.9 Å². The molecule has 0 aliphatic carbocycles. The Morgan fingerprint density at radius 1 is 1.16 bits per heavy atom. The van der Waals surface area contributed by atoms with Gasteiger partial charge in [-0.3, -0.25) is 13.9 Å². The second-order valence-corrected chi connectivity index (χ2v) is 7.61. The Hall–Kier alpha value is -2.23. The molecule has 4 rings (SSSR count). The molecule has 4 heterocycles. The highest BCUT2D eigenvalue weighted by Gasteiger charge is 2.19. The van der Waals surface area contributed by atoms with Gasteiger partial charge in [-0.1, -0.05) is 6.07 Å². The van der Waals surface area contributed by atoms with Crippen LogP contribution in [0.5, 0.6) is 0 Å². The van der Waals surface area contributed by atoms with Gasteiger partial charge in [-0.05, 0) is 23.0 Å². The average molecular weight is 394 g/mol. The van der Waals surface area contributed by atoms with Crippen molar-refractivity contribution in [1.82, 2.24) is 23.7 Å². The normalized spacial score (nSPS) is 11.5. The first-order chi connectivity index (χ1) is 12.0. The van der Waals surface area contributed by atoms with Crippen LogP contribution in [0.15, 0.2) is 32.5 Å². The molecule has 0 N–H and O–H groups in total. The Morgan fingerprint density at radius 3 is 2.68 bits per heavy atom. The highest BCUT2D eigenvalue weighted by atomic mass is 35.5. The van der Waals surface area contributed by atoms with E-state index in [-0.39, 0.29) is 10.9 Å². The minimum Gasteiger partial charge on any atom is -0.303 e. The van der Waals surface area contributed by atoms with E-state index in [0.29, 0.717) is 12.1 Å². The fraction of sp³-hybridized carbons (Fsp3) is 0.200. The van der Waals surface area contributed by atoms with Gasteiger partial charge in [0.25, 0.3) is 5.56 Å². The SMILES string of the molecule is Cn1c(=O)c2c(nc(Cl)n2Cc2csc(-c3cccs3)n2)n(C)c1=O. The summed E-state index contributed by atoms with van der Waals surface area (Å²) in [7, 11) is 3.00. The summed E-state index contributed by atoms with van der Waals surface area (Å²) in [6.07, 6.45) is 0. The summed E-state index contributed by atoms with van der Waals surface area (Å²) in [5, 5.41) is 5.01. The second-order valence-electron chi connectivity index (χ2n) is 5.47. The van der Waals surface area contributed by atoms with Crippen LogP contribution in [0, 0.1) is 0 Å². The van der Waals surface area contributed by atoms with Crippen LogP contribution in [0.3, 0.4) is 0 Å². The number of imidazole rings is 1. The lowest BCUT2D eigenvalue weighted by molar-refractivity contribution is 0.701.